The van der Waals surface area contributed by atoms with E-state index < -0.39 is 6.09 Å². The predicted octanol–water partition coefficient (Wildman–Crippen LogP) is 3.45. The van der Waals surface area contributed by atoms with Gasteiger partial charge in [0.25, 0.3) is 0 Å². The molecule has 0 aromatic heterocycles. The van der Waals surface area contributed by atoms with E-state index in [1.165, 1.54) is 14.2 Å². The summed E-state index contributed by atoms with van der Waals surface area (Å²) in [6.07, 6.45) is -0.568. The topological polar surface area (TPSA) is 56.8 Å². The third-order valence-electron chi connectivity index (χ3n) is 2.87. The molecule has 2 aromatic rings. The molecule has 0 saturated carbocycles. The molecule has 2 aromatic carbocycles. The van der Waals surface area contributed by atoms with Gasteiger partial charge in [0, 0.05) is 0 Å². The summed E-state index contributed by atoms with van der Waals surface area (Å²) in [4.78, 5) is 11.9. The van der Waals surface area contributed by atoms with Crippen molar-refractivity contribution >= 4 is 11.8 Å². The standard InChI is InChI=1S/C16H17NO4/c1-19-13-9-6-10-14(20-2)15(13)17-16(18)21-11-12-7-4-3-5-8-12/h3-10H,11H2,1-2H3,(H,17,18). The van der Waals surface area contributed by atoms with Crippen LogP contribution in [0.5, 0.6) is 11.5 Å². The number of nitrogens with one attached hydrogen (secondary N) is 1. The number of hydrogen-bond acceptors (Lipinski definition) is 4. The van der Waals surface area contributed by atoms with Gasteiger partial charge in [0.1, 0.15) is 23.8 Å². The first-order valence-electron chi connectivity index (χ1n) is 6.43. The minimum atomic E-state index is -0.568. The second-order valence-electron chi connectivity index (χ2n) is 4.22. The minimum Gasteiger partial charge on any atom is -0.494 e. The van der Waals surface area contributed by atoms with Crippen molar-refractivity contribution in [2.24, 2.45) is 0 Å². The lowest BCUT2D eigenvalue weighted by Crippen LogP contribution is -2.14. The average Bonchev–Trinajstić information content (AvgIpc) is 2.54. The van der Waals surface area contributed by atoms with E-state index in [2.05, 4.69) is 5.32 Å². The summed E-state index contributed by atoms with van der Waals surface area (Å²) < 4.78 is 15.6. The van der Waals surface area contributed by atoms with E-state index in [4.69, 9.17) is 14.2 Å². The Hall–Kier alpha value is -2.69. The molecule has 0 aliphatic carbocycles. The van der Waals surface area contributed by atoms with E-state index in [1.54, 1.807) is 18.2 Å². The van der Waals surface area contributed by atoms with Crippen molar-refractivity contribution < 1.29 is 19.0 Å². The smallest absolute Gasteiger partial charge is 0.412 e. The fourth-order valence-electron chi connectivity index (χ4n) is 1.84. The van der Waals surface area contributed by atoms with Crippen LogP contribution in [0.15, 0.2) is 48.5 Å². The van der Waals surface area contributed by atoms with Crippen molar-refractivity contribution in [1.82, 2.24) is 0 Å². The first-order valence-corrected chi connectivity index (χ1v) is 6.43. The quantitative estimate of drug-likeness (QED) is 0.915. The SMILES string of the molecule is COc1cccc(OC)c1NC(=O)OCc1ccccc1. The van der Waals surface area contributed by atoms with Gasteiger partial charge in [-0.15, -0.1) is 0 Å². The van der Waals surface area contributed by atoms with E-state index in [0.717, 1.165) is 5.56 Å². The van der Waals surface area contributed by atoms with Crippen molar-refractivity contribution in [3.63, 3.8) is 0 Å². The first-order chi connectivity index (χ1) is 10.2. The molecule has 0 atom stereocenters. The molecular weight excluding hydrogens is 270 g/mol. The van der Waals surface area contributed by atoms with Crippen molar-refractivity contribution in [3.8, 4) is 11.5 Å². The number of methoxy groups -OCH3 is 2. The summed E-state index contributed by atoms with van der Waals surface area (Å²) >= 11 is 0. The molecule has 0 aliphatic heterocycles. The number of rotatable bonds is 5. The monoisotopic (exact) mass is 287 g/mol. The highest BCUT2D eigenvalue weighted by Gasteiger charge is 2.13. The molecule has 1 amide bonds. The molecule has 5 nitrogen and oxygen atoms in total. The van der Waals surface area contributed by atoms with Crippen molar-refractivity contribution in [1.29, 1.82) is 0 Å². The maximum Gasteiger partial charge on any atom is 0.412 e. The van der Waals surface area contributed by atoms with Gasteiger partial charge >= 0.3 is 6.09 Å². The molecule has 0 unspecified atom stereocenters. The summed E-state index contributed by atoms with van der Waals surface area (Å²) in [5, 5.41) is 2.64. The number of para-hydroxylation sites is 1. The van der Waals surface area contributed by atoms with Crippen LogP contribution in [-0.4, -0.2) is 20.3 Å². The van der Waals surface area contributed by atoms with Gasteiger partial charge in [-0.2, -0.15) is 0 Å². The van der Waals surface area contributed by atoms with Gasteiger partial charge in [0.2, 0.25) is 0 Å². The third-order valence-corrected chi connectivity index (χ3v) is 2.87. The van der Waals surface area contributed by atoms with Crippen LogP contribution < -0.4 is 14.8 Å². The van der Waals surface area contributed by atoms with E-state index in [9.17, 15) is 4.79 Å². The highest BCUT2D eigenvalue weighted by molar-refractivity contribution is 5.89. The second-order valence-corrected chi connectivity index (χ2v) is 4.22. The largest absolute Gasteiger partial charge is 0.494 e. The van der Waals surface area contributed by atoms with Crippen LogP contribution in [0.25, 0.3) is 0 Å². The molecule has 1 N–H and O–H groups in total. The van der Waals surface area contributed by atoms with Crippen LogP contribution in [0.4, 0.5) is 10.5 Å². The molecular formula is C16H17NO4. The molecule has 21 heavy (non-hydrogen) atoms. The van der Waals surface area contributed by atoms with Crippen molar-refractivity contribution in [2.45, 2.75) is 6.61 Å². The number of ether oxygens (including phenoxy) is 3. The van der Waals surface area contributed by atoms with Gasteiger partial charge < -0.3 is 14.2 Å². The summed E-state index contributed by atoms with van der Waals surface area (Å²) in [6.45, 7) is 0.199. The summed E-state index contributed by atoms with van der Waals surface area (Å²) in [7, 11) is 3.05. The number of carbonyl (C=O) groups is 1. The normalized spacial score (nSPS) is 9.81. The van der Waals surface area contributed by atoms with Gasteiger partial charge in [0.05, 0.1) is 14.2 Å². The number of anilines is 1. The van der Waals surface area contributed by atoms with Crippen molar-refractivity contribution in [2.75, 3.05) is 19.5 Å². The van der Waals surface area contributed by atoms with Gasteiger partial charge in [-0.05, 0) is 17.7 Å². The predicted molar refractivity (Wildman–Crippen MR) is 79.8 cm³/mol. The zero-order valence-corrected chi connectivity index (χ0v) is 12.0. The van der Waals surface area contributed by atoms with E-state index in [-0.39, 0.29) is 6.61 Å². The van der Waals surface area contributed by atoms with Crippen LogP contribution in [0.1, 0.15) is 5.56 Å². The Morgan fingerprint density at radius 1 is 0.952 bits per heavy atom. The summed E-state index contributed by atoms with van der Waals surface area (Å²) in [5.41, 5.74) is 1.36. The Bertz CT molecular complexity index is 576. The van der Waals surface area contributed by atoms with Crippen LogP contribution in [0.2, 0.25) is 0 Å². The number of hydrogen-bond donors (Lipinski definition) is 1. The molecule has 0 radical (unpaired) electrons. The molecule has 0 fully saturated rings. The lowest BCUT2D eigenvalue weighted by molar-refractivity contribution is 0.155. The lowest BCUT2D eigenvalue weighted by atomic mass is 10.2. The van der Waals surface area contributed by atoms with Crippen LogP contribution >= 0.6 is 0 Å². The summed E-state index contributed by atoms with van der Waals surface area (Å²) in [5.74, 6) is 1.01. The molecule has 5 heteroatoms. The molecule has 0 saturated heterocycles. The van der Waals surface area contributed by atoms with E-state index >= 15 is 0 Å². The molecule has 0 spiro atoms. The molecule has 0 bridgehead atoms. The first kappa shape index (κ1) is 14.7. The van der Waals surface area contributed by atoms with Crippen LogP contribution in [-0.2, 0) is 11.3 Å². The highest BCUT2D eigenvalue weighted by Crippen LogP contribution is 2.34. The van der Waals surface area contributed by atoms with Crippen molar-refractivity contribution in [3.05, 3.63) is 54.1 Å². The maximum absolute atomic E-state index is 11.9. The zero-order valence-electron chi connectivity index (χ0n) is 12.0. The van der Waals surface area contributed by atoms with Gasteiger partial charge in [-0.3, -0.25) is 5.32 Å². The second kappa shape index (κ2) is 7.19. The Morgan fingerprint density at radius 3 is 2.14 bits per heavy atom. The molecule has 110 valence electrons. The van der Waals surface area contributed by atoms with Gasteiger partial charge in [-0.1, -0.05) is 36.4 Å². The van der Waals surface area contributed by atoms with Gasteiger partial charge in [0.15, 0.2) is 0 Å². The molecule has 0 heterocycles. The minimum absolute atomic E-state index is 0.199. The molecule has 2 rings (SSSR count). The summed E-state index contributed by atoms with van der Waals surface area (Å²) in [6, 6.07) is 14.7. The third kappa shape index (κ3) is 3.89. The Morgan fingerprint density at radius 2 is 1.57 bits per heavy atom. The van der Waals surface area contributed by atoms with Crippen LogP contribution in [0, 0.1) is 0 Å². The van der Waals surface area contributed by atoms with Gasteiger partial charge in [-0.25, -0.2) is 4.79 Å². The fourth-order valence-corrected chi connectivity index (χ4v) is 1.84. The Kier molecular flexibility index (Phi) is 5.04. The number of amides is 1. The Labute approximate surface area is 123 Å². The average molecular weight is 287 g/mol. The number of benzene rings is 2. The van der Waals surface area contributed by atoms with E-state index in [0.29, 0.717) is 17.2 Å². The number of carbonyl (C=O) groups excluding carboxylic acids is 1. The maximum atomic E-state index is 11.9. The van der Waals surface area contributed by atoms with E-state index in [1.807, 2.05) is 30.3 Å². The Balaban J connectivity index is 2.02. The zero-order chi connectivity index (χ0) is 15.1. The van der Waals surface area contributed by atoms with Crippen LogP contribution in [0.3, 0.4) is 0 Å². The lowest BCUT2D eigenvalue weighted by Gasteiger charge is -2.14. The highest BCUT2D eigenvalue weighted by atomic mass is 16.5. The molecule has 0 aliphatic rings. The fraction of sp³-hybridized carbons (Fsp3) is 0.188.